The highest BCUT2D eigenvalue weighted by Crippen LogP contribution is 2.32. The number of nitrogens with two attached hydrogens (primary N) is 1. The summed E-state index contributed by atoms with van der Waals surface area (Å²) in [4.78, 5) is 32.8. The molecule has 38 heavy (non-hydrogen) atoms. The Morgan fingerprint density at radius 2 is 1.63 bits per heavy atom. The third-order valence-corrected chi connectivity index (χ3v) is 7.04. The van der Waals surface area contributed by atoms with Crippen molar-refractivity contribution in [2.75, 3.05) is 31.2 Å². The Morgan fingerprint density at radius 3 is 2.21 bits per heavy atom. The summed E-state index contributed by atoms with van der Waals surface area (Å²) in [6.07, 6.45) is 1.04. The summed E-state index contributed by atoms with van der Waals surface area (Å²) in [5, 5.41) is 11.5. The highest BCUT2D eigenvalue weighted by molar-refractivity contribution is 7.92. The number of fused-ring (bicyclic) bond motifs is 1. The van der Waals surface area contributed by atoms with Crippen molar-refractivity contribution in [1.29, 1.82) is 0 Å². The molecule has 0 aliphatic carbocycles. The standard InChI is InChI=1S/C27H27N5O5S/c1-31(2)23(33)16-32(38(3,36)37)20-12-10-19(11-13-20)29-25(17-7-5-4-6-8-17)24-21-14-9-18(26(28)34)15-22(21)30-27(24)35/h4-15,30,35H,16H2,1-3H3,(H2,28,34). The van der Waals surface area contributed by atoms with Gasteiger partial charge in [0.15, 0.2) is 5.88 Å². The second-order valence-electron chi connectivity index (χ2n) is 8.87. The third kappa shape index (κ3) is 5.52. The van der Waals surface area contributed by atoms with Crippen LogP contribution in [0.2, 0.25) is 0 Å². The molecule has 4 rings (SSSR count). The van der Waals surface area contributed by atoms with Gasteiger partial charge in [0, 0.05) is 36.1 Å². The van der Waals surface area contributed by atoms with Gasteiger partial charge in [0.25, 0.3) is 0 Å². The van der Waals surface area contributed by atoms with Gasteiger partial charge in [-0.2, -0.15) is 0 Å². The largest absolute Gasteiger partial charge is 0.494 e. The Balaban J connectivity index is 1.81. The average Bonchev–Trinajstić information content (AvgIpc) is 3.20. The fourth-order valence-corrected chi connectivity index (χ4v) is 4.77. The van der Waals surface area contributed by atoms with E-state index in [1.807, 2.05) is 30.3 Å². The number of benzene rings is 3. The molecule has 0 aliphatic rings. The summed E-state index contributed by atoms with van der Waals surface area (Å²) in [6, 6.07) is 20.5. The lowest BCUT2D eigenvalue weighted by atomic mass is 10.00. The lowest BCUT2D eigenvalue weighted by Gasteiger charge is -2.23. The van der Waals surface area contributed by atoms with E-state index in [0.29, 0.717) is 39.1 Å². The Morgan fingerprint density at radius 1 is 0.974 bits per heavy atom. The summed E-state index contributed by atoms with van der Waals surface area (Å²) in [6.45, 7) is -0.333. The van der Waals surface area contributed by atoms with Crippen LogP contribution in [-0.4, -0.2) is 67.8 Å². The molecule has 0 bridgehead atoms. The second-order valence-corrected chi connectivity index (χ2v) is 10.8. The van der Waals surface area contributed by atoms with Crippen LogP contribution < -0.4 is 10.0 Å². The molecular weight excluding hydrogens is 506 g/mol. The zero-order chi connectivity index (χ0) is 27.6. The van der Waals surface area contributed by atoms with E-state index < -0.39 is 15.9 Å². The minimum Gasteiger partial charge on any atom is -0.494 e. The number of H-pyrrole nitrogens is 1. The van der Waals surface area contributed by atoms with Crippen LogP contribution in [0.15, 0.2) is 77.8 Å². The first kappa shape index (κ1) is 26.4. The number of aromatic amines is 1. The molecule has 11 heteroatoms. The Kier molecular flexibility index (Phi) is 7.22. The van der Waals surface area contributed by atoms with Crippen LogP contribution in [0.5, 0.6) is 5.88 Å². The zero-order valence-electron chi connectivity index (χ0n) is 21.0. The second kappa shape index (κ2) is 10.4. The molecule has 0 aliphatic heterocycles. The summed E-state index contributed by atoms with van der Waals surface area (Å²) < 4.78 is 25.8. The molecule has 10 nitrogen and oxygen atoms in total. The van der Waals surface area contributed by atoms with E-state index in [1.54, 1.807) is 56.6 Å². The van der Waals surface area contributed by atoms with Crippen LogP contribution in [0.1, 0.15) is 21.5 Å². The van der Waals surface area contributed by atoms with Crippen molar-refractivity contribution in [1.82, 2.24) is 9.88 Å². The van der Waals surface area contributed by atoms with E-state index in [4.69, 9.17) is 10.7 Å². The van der Waals surface area contributed by atoms with Crippen molar-refractivity contribution in [3.05, 3.63) is 89.5 Å². The van der Waals surface area contributed by atoms with E-state index in [0.717, 1.165) is 16.1 Å². The summed E-state index contributed by atoms with van der Waals surface area (Å²) in [5.74, 6) is -1.08. The lowest BCUT2D eigenvalue weighted by molar-refractivity contribution is -0.127. The number of nitrogens with one attached hydrogen (secondary N) is 1. The topological polar surface area (TPSA) is 149 Å². The first-order valence-electron chi connectivity index (χ1n) is 11.5. The Bertz CT molecular complexity index is 1640. The number of carbonyl (C=O) groups is 2. The van der Waals surface area contributed by atoms with Crippen molar-refractivity contribution in [3.8, 4) is 5.88 Å². The number of hydrogen-bond donors (Lipinski definition) is 3. The van der Waals surface area contributed by atoms with Gasteiger partial charge in [0.1, 0.15) is 6.54 Å². The molecule has 0 radical (unpaired) electrons. The molecule has 0 unspecified atom stereocenters. The zero-order valence-corrected chi connectivity index (χ0v) is 21.9. The number of sulfonamides is 1. The maximum Gasteiger partial charge on any atom is 0.248 e. The highest BCUT2D eigenvalue weighted by Gasteiger charge is 2.22. The molecule has 2 amide bonds. The highest BCUT2D eigenvalue weighted by atomic mass is 32.2. The van der Waals surface area contributed by atoms with Gasteiger partial charge in [-0.3, -0.25) is 13.9 Å². The van der Waals surface area contributed by atoms with Gasteiger partial charge >= 0.3 is 0 Å². The molecule has 4 aromatic rings. The molecule has 0 saturated heterocycles. The van der Waals surface area contributed by atoms with Crippen LogP contribution >= 0.6 is 0 Å². The fourth-order valence-electron chi connectivity index (χ4n) is 3.92. The Hall–Kier alpha value is -4.64. The quantitative estimate of drug-likeness (QED) is 0.298. The number of likely N-dealkylation sites (N-methyl/N-ethyl adjacent to an activating group) is 1. The van der Waals surface area contributed by atoms with Crippen molar-refractivity contribution < 1.29 is 23.1 Å². The maximum absolute atomic E-state index is 12.4. The first-order chi connectivity index (χ1) is 18.0. The number of primary amides is 1. The van der Waals surface area contributed by atoms with Crippen LogP contribution in [0.3, 0.4) is 0 Å². The Labute approximate surface area is 220 Å². The van der Waals surface area contributed by atoms with Crippen LogP contribution in [0, 0.1) is 0 Å². The van der Waals surface area contributed by atoms with Crippen LogP contribution in [-0.2, 0) is 14.8 Å². The number of aromatic nitrogens is 1. The molecule has 0 saturated carbocycles. The molecule has 3 aromatic carbocycles. The summed E-state index contributed by atoms with van der Waals surface area (Å²) in [7, 11) is -0.608. The van der Waals surface area contributed by atoms with Crippen molar-refractivity contribution in [2.24, 2.45) is 10.7 Å². The van der Waals surface area contributed by atoms with Gasteiger partial charge in [-0.15, -0.1) is 0 Å². The SMILES string of the molecule is CN(C)C(=O)CN(c1ccc(N=C(c2ccccc2)c2c(O)[nH]c3cc(C(N)=O)ccc23)cc1)S(C)(=O)=O. The van der Waals surface area contributed by atoms with Gasteiger partial charge in [-0.1, -0.05) is 36.4 Å². The normalized spacial score (nSPS) is 11.9. The van der Waals surface area contributed by atoms with Crippen molar-refractivity contribution in [2.45, 2.75) is 0 Å². The number of nitrogens with zero attached hydrogens (tertiary/aromatic N) is 3. The van der Waals surface area contributed by atoms with E-state index >= 15 is 0 Å². The molecule has 1 heterocycles. The van der Waals surface area contributed by atoms with E-state index in [1.165, 1.54) is 4.90 Å². The van der Waals surface area contributed by atoms with Gasteiger partial charge in [-0.05, 0) is 36.4 Å². The smallest absolute Gasteiger partial charge is 0.248 e. The predicted octanol–water partition coefficient (Wildman–Crippen LogP) is 3.00. The summed E-state index contributed by atoms with van der Waals surface area (Å²) >= 11 is 0. The van der Waals surface area contributed by atoms with Crippen LogP contribution in [0.4, 0.5) is 11.4 Å². The maximum atomic E-state index is 12.4. The monoisotopic (exact) mass is 533 g/mol. The minimum atomic E-state index is -3.72. The molecular formula is C27H27N5O5S. The molecule has 0 fully saturated rings. The predicted molar refractivity (Wildman–Crippen MR) is 148 cm³/mol. The number of anilines is 1. The third-order valence-electron chi connectivity index (χ3n) is 5.90. The van der Waals surface area contributed by atoms with E-state index in [2.05, 4.69) is 4.98 Å². The molecule has 0 atom stereocenters. The van der Waals surface area contributed by atoms with Crippen LogP contribution in [0.25, 0.3) is 10.9 Å². The molecule has 4 N–H and O–H groups in total. The minimum absolute atomic E-state index is 0.133. The average molecular weight is 534 g/mol. The number of hydrogen-bond acceptors (Lipinski definition) is 6. The number of amides is 2. The molecule has 1 aromatic heterocycles. The first-order valence-corrected chi connectivity index (χ1v) is 13.4. The van der Waals surface area contributed by atoms with Gasteiger partial charge in [0.2, 0.25) is 21.8 Å². The summed E-state index contributed by atoms with van der Waals surface area (Å²) in [5.41, 5.74) is 8.63. The van der Waals surface area contributed by atoms with E-state index in [9.17, 15) is 23.1 Å². The molecule has 196 valence electrons. The number of aliphatic imine (C=N–C) groups is 1. The number of carbonyl (C=O) groups excluding carboxylic acids is 2. The number of aromatic hydroxyl groups is 1. The lowest BCUT2D eigenvalue weighted by Crippen LogP contribution is -2.39. The van der Waals surface area contributed by atoms with Gasteiger partial charge in [-0.25, -0.2) is 13.4 Å². The fraction of sp³-hybridized carbons (Fsp3) is 0.148. The van der Waals surface area contributed by atoms with Crippen molar-refractivity contribution >= 4 is 49.8 Å². The molecule has 0 spiro atoms. The number of rotatable bonds is 8. The van der Waals surface area contributed by atoms with Crippen molar-refractivity contribution in [3.63, 3.8) is 0 Å². The van der Waals surface area contributed by atoms with Gasteiger partial charge in [0.05, 0.1) is 28.9 Å². The van der Waals surface area contributed by atoms with E-state index in [-0.39, 0.29) is 18.3 Å². The van der Waals surface area contributed by atoms with Gasteiger partial charge < -0.3 is 20.7 Å².